The topological polar surface area (TPSA) is 66.9 Å². The number of fused-ring (bicyclic) bond motifs is 1. The van der Waals surface area contributed by atoms with Gasteiger partial charge in [-0.25, -0.2) is 8.42 Å². The van der Waals surface area contributed by atoms with Crippen molar-refractivity contribution in [1.82, 2.24) is 9.21 Å². The van der Waals surface area contributed by atoms with Crippen LogP contribution in [0.3, 0.4) is 0 Å². The minimum Gasteiger partial charge on any atom is -0.492 e. The number of amides is 1. The predicted molar refractivity (Wildman–Crippen MR) is 96.0 cm³/mol. The van der Waals surface area contributed by atoms with E-state index in [1.807, 2.05) is 18.2 Å². The molecule has 0 bridgehead atoms. The molecule has 1 aliphatic heterocycles. The first kappa shape index (κ1) is 17.9. The maximum absolute atomic E-state index is 12.8. The summed E-state index contributed by atoms with van der Waals surface area (Å²) < 4.78 is 33.1. The van der Waals surface area contributed by atoms with Crippen molar-refractivity contribution >= 4 is 27.3 Å². The van der Waals surface area contributed by atoms with Crippen LogP contribution in [0.5, 0.6) is 5.75 Å². The fourth-order valence-electron chi connectivity index (χ4n) is 2.65. The average Bonchev–Trinajstić information content (AvgIpc) is 3.02. The third kappa shape index (κ3) is 3.86. The number of hydrogen-bond acceptors (Lipinski definition) is 5. The first-order valence-electron chi connectivity index (χ1n) is 7.88. The number of thiophene rings is 1. The Hall–Kier alpha value is -1.90. The summed E-state index contributed by atoms with van der Waals surface area (Å²) >= 11 is 1.21. The van der Waals surface area contributed by atoms with E-state index < -0.39 is 10.0 Å². The van der Waals surface area contributed by atoms with Crippen LogP contribution in [-0.4, -0.2) is 43.7 Å². The van der Waals surface area contributed by atoms with Crippen molar-refractivity contribution in [3.05, 3.63) is 46.8 Å². The molecule has 0 unspecified atom stereocenters. The molecule has 1 aromatic heterocycles. The number of sulfonamides is 1. The summed E-state index contributed by atoms with van der Waals surface area (Å²) in [5.74, 6) is 0.672. The van der Waals surface area contributed by atoms with E-state index in [0.29, 0.717) is 29.7 Å². The number of rotatable bonds is 4. The summed E-state index contributed by atoms with van der Waals surface area (Å²) in [6.45, 7) is 2.86. The zero-order valence-corrected chi connectivity index (χ0v) is 15.8. The second-order valence-corrected chi connectivity index (χ2v) is 9.05. The van der Waals surface area contributed by atoms with Gasteiger partial charge in [-0.15, -0.1) is 11.3 Å². The van der Waals surface area contributed by atoms with Crippen LogP contribution in [0.25, 0.3) is 0 Å². The molecular weight excluding hydrogens is 360 g/mol. The van der Waals surface area contributed by atoms with Crippen LogP contribution in [0.2, 0.25) is 0 Å². The SMILES string of the molecule is CC(=O)N(C)Cc1ccc2c(c1)CN(S(=O)(=O)c1cccs1)CCO2. The monoisotopic (exact) mass is 380 g/mol. The van der Waals surface area contributed by atoms with Gasteiger partial charge in [-0.1, -0.05) is 12.1 Å². The van der Waals surface area contributed by atoms with E-state index in [-0.39, 0.29) is 12.5 Å². The number of hydrogen-bond donors (Lipinski definition) is 0. The predicted octanol–water partition coefficient (Wildman–Crippen LogP) is 2.31. The standard InChI is InChI=1S/C17H20N2O4S2/c1-13(20)18(2)11-14-5-6-16-15(10-14)12-19(7-8-23-16)25(21,22)17-4-3-9-24-17/h3-6,9-10H,7-8,11-12H2,1-2H3. The van der Waals surface area contributed by atoms with Gasteiger partial charge in [-0.05, 0) is 29.1 Å². The summed E-state index contributed by atoms with van der Waals surface area (Å²) in [5.41, 5.74) is 1.75. The van der Waals surface area contributed by atoms with Crippen molar-refractivity contribution in [1.29, 1.82) is 0 Å². The van der Waals surface area contributed by atoms with E-state index in [2.05, 4.69) is 0 Å². The maximum atomic E-state index is 12.8. The quantitative estimate of drug-likeness (QED) is 0.816. The molecule has 1 aliphatic rings. The first-order valence-corrected chi connectivity index (χ1v) is 10.2. The van der Waals surface area contributed by atoms with Gasteiger partial charge >= 0.3 is 0 Å². The molecule has 0 saturated heterocycles. The number of benzene rings is 1. The number of carbonyl (C=O) groups excluding carboxylic acids is 1. The van der Waals surface area contributed by atoms with Crippen molar-refractivity contribution < 1.29 is 17.9 Å². The number of carbonyl (C=O) groups is 1. The Balaban J connectivity index is 1.87. The van der Waals surface area contributed by atoms with Gasteiger partial charge in [0.25, 0.3) is 10.0 Å². The van der Waals surface area contributed by atoms with Crippen LogP contribution < -0.4 is 4.74 Å². The van der Waals surface area contributed by atoms with E-state index in [9.17, 15) is 13.2 Å². The minimum atomic E-state index is -3.53. The van der Waals surface area contributed by atoms with Crippen molar-refractivity contribution in [3.8, 4) is 5.75 Å². The second kappa shape index (κ2) is 7.15. The van der Waals surface area contributed by atoms with Crippen molar-refractivity contribution in [2.45, 2.75) is 24.2 Å². The van der Waals surface area contributed by atoms with Crippen molar-refractivity contribution in [3.63, 3.8) is 0 Å². The van der Waals surface area contributed by atoms with Crippen LogP contribution in [0.4, 0.5) is 0 Å². The van der Waals surface area contributed by atoms with Gasteiger partial charge in [0.15, 0.2) is 0 Å². The smallest absolute Gasteiger partial charge is 0.252 e. The summed E-state index contributed by atoms with van der Waals surface area (Å²) in [5, 5.41) is 1.75. The van der Waals surface area contributed by atoms with Gasteiger partial charge in [0.1, 0.15) is 16.6 Å². The molecule has 8 heteroatoms. The third-order valence-corrected chi connectivity index (χ3v) is 7.33. The van der Waals surface area contributed by atoms with Crippen molar-refractivity contribution in [2.75, 3.05) is 20.2 Å². The lowest BCUT2D eigenvalue weighted by Crippen LogP contribution is -2.32. The molecule has 1 aromatic carbocycles. The zero-order valence-electron chi connectivity index (χ0n) is 14.1. The van der Waals surface area contributed by atoms with E-state index in [1.54, 1.807) is 29.5 Å². The highest BCUT2D eigenvalue weighted by Gasteiger charge is 2.28. The Bertz CT molecular complexity index is 863. The van der Waals surface area contributed by atoms with Gasteiger partial charge in [0.2, 0.25) is 5.91 Å². The average molecular weight is 380 g/mol. The molecule has 0 spiro atoms. The fraction of sp³-hybridized carbons (Fsp3) is 0.353. The molecule has 0 N–H and O–H groups in total. The minimum absolute atomic E-state index is 0.0203. The molecule has 1 amide bonds. The lowest BCUT2D eigenvalue weighted by Gasteiger charge is -2.19. The highest BCUT2D eigenvalue weighted by molar-refractivity contribution is 7.91. The molecule has 134 valence electrons. The Morgan fingerprint density at radius 3 is 2.84 bits per heavy atom. The summed E-state index contributed by atoms with van der Waals surface area (Å²) in [7, 11) is -1.79. The summed E-state index contributed by atoms with van der Waals surface area (Å²) in [6.07, 6.45) is 0. The number of nitrogens with zero attached hydrogens (tertiary/aromatic N) is 2. The van der Waals surface area contributed by atoms with Gasteiger partial charge in [-0.3, -0.25) is 4.79 Å². The first-order chi connectivity index (χ1) is 11.9. The fourth-order valence-corrected chi connectivity index (χ4v) is 5.20. The molecular formula is C17H20N2O4S2. The molecule has 3 rings (SSSR count). The second-order valence-electron chi connectivity index (χ2n) is 5.94. The van der Waals surface area contributed by atoms with Crippen molar-refractivity contribution in [2.24, 2.45) is 0 Å². The highest BCUT2D eigenvalue weighted by atomic mass is 32.2. The molecule has 0 radical (unpaired) electrons. The lowest BCUT2D eigenvalue weighted by atomic mass is 10.1. The molecule has 0 atom stereocenters. The Labute approximate surface area is 151 Å². The van der Waals surface area contributed by atoms with Crippen LogP contribution in [0, 0.1) is 0 Å². The Morgan fingerprint density at radius 2 is 2.16 bits per heavy atom. The third-order valence-electron chi connectivity index (χ3n) is 4.12. The van der Waals surface area contributed by atoms with Crippen LogP contribution in [0.15, 0.2) is 39.9 Å². The summed E-state index contributed by atoms with van der Waals surface area (Å²) in [6, 6.07) is 9.01. The Morgan fingerprint density at radius 1 is 1.36 bits per heavy atom. The molecule has 0 saturated carbocycles. The van der Waals surface area contributed by atoms with E-state index >= 15 is 0 Å². The maximum Gasteiger partial charge on any atom is 0.252 e. The highest BCUT2D eigenvalue weighted by Crippen LogP contribution is 2.29. The largest absolute Gasteiger partial charge is 0.492 e. The molecule has 0 fully saturated rings. The van der Waals surface area contributed by atoms with Crippen LogP contribution >= 0.6 is 11.3 Å². The van der Waals surface area contributed by atoms with Crippen LogP contribution in [0.1, 0.15) is 18.1 Å². The number of ether oxygens (including phenoxy) is 1. The van der Waals surface area contributed by atoms with E-state index in [1.165, 1.54) is 22.6 Å². The van der Waals surface area contributed by atoms with Gasteiger partial charge in [0.05, 0.1) is 0 Å². The van der Waals surface area contributed by atoms with Crippen LogP contribution in [-0.2, 0) is 27.9 Å². The molecule has 2 aromatic rings. The molecule has 6 nitrogen and oxygen atoms in total. The normalized spacial score (nSPS) is 15.1. The summed E-state index contributed by atoms with van der Waals surface area (Å²) in [4.78, 5) is 13.0. The van der Waals surface area contributed by atoms with Gasteiger partial charge in [0, 0.05) is 39.2 Å². The van der Waals surface area contributed by atoms with E-state index in [4.69, 9.17) is 4.74 Å². The molecule has 2 heterocycles. The lowest BCUT2D eigenvalue weighted by molar-refractivity contribution is -0.128. The Kier molecular flexibility index (Phi) is 5.12. The van der Waals surface area contributed by atoms with Gasteiger partial charge in [-0.2, -0.15) is 4.31 Å². The van der Waals surface area contributed by atoms with Gasteiger partial charge < -0.3 is 9.64 Å². The molecule has 25 heavy (non-hydrogen) atoms. The zero-order chi connectivity index (χ0) is 18.0. The molecule has 0 aliphatic carbocycles. The van der Waals surface area contributed by atoms with E-state index in [0.717, 1.165) is 11.1 Å².